The Balaban J connectivity index is 1.45. The number of benzene rings is 1. The van der Waals surface area contributed by atoms with Gasteiger partial charge in [0.25, 0.3) is 5.91 Å². The second-order valence-electron chi connectivity index (χ2n) is 6.85. The number of ether oxygens (including phenoxy) is 1. The maximum atomic E-state index is 12.8. The predicted molar refractivity (Wildman–Crippen MR) is 111 cm³/mol. The summed E-state index contributed by atoms with van der Waals surface area (Å²) in [6.45, 7) is 3.56. The van der Waals surface area contributed by atoms with Crippen LogP contribution in [0.1, 0.15) is 28.2 Å². The highest BCUT2D eigenvalue weighted by Crippen LogP contribution is 2.24. The third kappa shape index (κ3) is 4.48. The lowest BCUT2D eigenvalue weighted by Crippen LogP contribution is -2.25. The lowest BCUT2D eigenvalue weighted by atomic mass is 10.3. The normalized spacial score (nSPS) is 10.9. The smallest absolute Gasteiger partial charge is 0.268 e. The number of hydrogen-bond acceptors (Lipinski definition) is 4. The first-order chi connectivity index (χ1) is 14.2. The van der Waals surface area contributed by atoms with Gasteiger partial charge in [-0.2, -0.15) is 0 Å². The molecule has 3 aromatic heterocycles. The summed E-state index contributed by atoms with van der Waals surface area (Å²) in [6, 6.07) is 17.3. The van der Waals surface area contributed by atoms with Crippen LogP contribution < -0.4 is 10.1 Å². The molecular formula is C23H23N3O3. The zero-order valence-corrected chi connectivity index (χ0v) is 16.3. The van der Waals surface area contributed by atoms with Gasteiger partial charge in [0, 0.05) is 37.6 Å². The molecule has 0 fully saturated rings. The first-order valence-corrected chi connectivity index (χ1v) is 9.65. The molecule has 6 heteroatoms. The minimum atomic E-state index is -0.137. The average Bonchev–Trinajstić information content (AvgIpc) is 3.27. The van der Waals surface area contributed by atoms with Gasteiger partial charge in [0.15, 0.2) is 5.58 Å². The van der Waals surface area contributed by atoms with Crippen LogP contribution in [0.25, 0.3) is 11.1 Å². The van der Waals surface area contributed by atoms with Crippen molar-refractivity contribution in [2.45, 2.75) is 26.4 Å². The Morgan fingerprint density at radius 2 is 2.03 bits per heavy atom. The summed E-state index contributed by atoms with van der Waals surface area (Å²) in [7, 11) is 0. The van der Waals surface area contributed by atoms with Crippen LogP contribution in [0.3, 0.4) is 0 Å². The summed E-state index contributed by atoms with van der Waals surface area (Å²) in [6.07, 6.45) is 4.23. The fourth-order valence-corrected chi connectivity index (χ4v) is 3.30. The molecule has 1 amide bonds. The second kappa shape index (κ2) is 8.65. The molecule has 0 bridgehead atoms. The molecule has 0 atom stereocenters. The highest BCUT2D eigenvalue weighted by molar-refractivity contribution is 5.97. The Morgan fingerprint density at radius 3 is 2.83 bits per heavy atom. The van der Waals surface area contributed by atoms with E-state index in [2.05, 4.69) is 10.3 Å². The number of pyridine rings is 1. The van der Waals surface area contributed by atoms with Gasteiger partial charge in [-0.1, -0.05) is 24.3 Å². The van der Waals surface area contributed by atoms with Gasteiger partial charge in [-0.05, 0) is 37.1 Å². The Morgan fingerprint density at radius 1 is 1.17 bits per heavy atom. The summed E-state index contributed by atoms with van der Waals surface area (Å²) in [4.78, 5) is 16.9. The van der Waals surface area contributed by atoms with Crippen LogP contribution in [0.4, 0.5) is 0 Å². The van der Waals surface area contributed by atoms with Gasteiger partial charge < -0.3 is 19.0 Å². The summed E-state index contributed by atoms with van der Waals surface area (Å²) >= 11 is 0. The van der Waals surface area contributed by atoms with Crippen LogP contribution in [0, 0.1) is 6.92 Å². The number of amides is 1. The van der Waals surface area contributed by atoms with E-state index in [0.29, 0.717) is 25.4 Å². The van der Waals surface area contributed by atoms with Gasteiger partial charge in [-0.3, -0.25) is 9.78 Å². The molecule has 29 heavy (non-hydrogen) atoms. The fraction of sp³-hybridized carbons (Fsp3) is 0.217. The van der Waals surface area contributed by atoms with E-state index in [1.165, 1.54) is 0 Å². The minimum absolute atomic E-state index is 0.137. The quantitative estimate of drug-likeness (QED) is 0.455. The van der Waals surface area contributed by atoms with E-state index < -0.39 is 0 Å². The maximum Gasteiger partial charge on any atom is 0.268 e. The van der Waals surface area contributed by atoms with Crippen molar-refractivity contribution in [1.82, 2.24) is 14.9 Å². The molecule has 0 aliphatic carbocycles. The van der Waals surface area contributed by atoms with Crippen LogP contribution in [-0.2, 0) is 13.1 Å². The van der Waals surface area contributed by atoms with Crippen molar-refractivity contribution in [2.24, 2.45) is 0 Å². The Bertz CT molecular complexity index is 1080. The molecule has 148 valence electrons. The largest absolute Gasteiger partial charge is 0.494 e. The van der Waals surface area contributed by atoms with Gasteiger partial charge in [-0.15, -0.1) is 0 Å². The number of carbonyl (C=O) groups excluding carboxylic acids is 1. The number of fused-ring (bicyclic) bond motifs is 1. The number of rotatable bonds is 8. The predicted octanol–water partition coefficient (Wildman–Crippen LogP) is 4.34. The Labute approximate surface area is 169 Å². The molecule has 0 saturated heterocycles. The minimum Gasteiger partial charge on any atom is -0.494 e. The molecule has 0 radical (unpaired) electrons. The van der Waals surface area contributed by atoms with Crippen molar-refractivity contribution in [2.75, 3.05) is 6.61 Å². The number of aromatic nitrogens is 2. The molecule has 1 N–H and O–H groups in total. The Kier molecular flexibility index (Phi) is 5.61. The van der Waals surface area contributed by atoms with Gasteiger partial charge in [0.2, 0.25) is 0 Å². The number of nitrogens with zero attached hydrogens (tertiary/aromatic N) is 2. The molecule has 0 aliphatic rings. The molecule has 0 spiro atoms. The number of carbonyl (C=O) groups is 1. The zero-order valence-electron chi connectivity index (χ0n) is 16.3. The van der Waals surface area contributed by atoms with Gasteiger partial charge >= 0.3 is 0 Å². The fourth-order valence-electron chi connectivity index (χ4n) is 3.30. The number of nitrogens with one attached hydrogen (secondary N) is 1. The summed E-state index contributed by atoms with van der Waals surface area (Å²) in [5.74, 6) is 1.53. The van der Waals surface area contributed by atoms with Crippen LogP contribution in [0.15, 0.2) is 71.4 Å². The number of para-hydroxylation sites is 1. The topological polar surface area (TPSA) is 69.3 Å². The van der Waals surface area contributed by atoms with E-state index in [1.54, 1.807) is 18.5 Å². The standard InChI is InChI=1S/C23H23N3O3/c1-17-13-20-22(29-17)14-21(23(27)25-16-18-7-5-10-24-15-18)26(20)11-6-12-28-19-8-3-2-4-9-19/h2-5,7-10,13-15H,6,11-12,16H2,1H3,(H,25,27). The lowest BCUT2D eigenvalue weighted by molar-refractivity contribution is 0.0941. The molecular weight excluding hydrogens is 366 g/mol. The monoisotopic (exact) mass is 389 g/mol. The van der Waals surface area contributed by atoms with Gasteiger partial charge in [-0.25, -0.2) is 0 Å². The summed E-state index contributed by atoms with van der Waals surface area (Å²) < 4.78 is 13.5. The van der Waals surface area contributed by atoms with Crippen molar-refractivity contribution in [1.29, 1.82) is 0 Å². The summed E-state index contributed by atoms with van der Waals surface area (Å²) in [5.41, 5.74) is 3.18. The molecule has 0 saturated carbocycles. The third-order valence-electron chi connectivity index (χ3n) is 4.66. The Hall–Kier alpha value is -3.54. The van der Waals surface area contributed by atoms with Crippen LogP contribution in [0.5, 0.6) is 5.75 Å². The first kappa shape index (κ1) is 18.8. The van der Waals surface area contributed by atoms with E-state index in [0.717, 1.165) is 34.6 Å². The van der Waals surface area contributed by atoms with Crippen molar-refractivity contribution in [3.05, 3.63) is 84.0 Å². The van der Waals surface area contributed by atoms with E-state index in [1.807, 2.05) is 60.0 Å². The van der Waals surface area contributed by atoms with Crippen molar-refractivity contribution >= 4 is 17.0 Å². The third-order valence-corrected chi connectivity index (χ3v) is 4.66. The SMILES string of the molecule is Cc1cc2c(cc(C(=O)NCc3cccnc3)n2CCCOc2ccccc2)o1. The molecule has 4 aromatic rings. The molecule has 3 heterocycles. The summed E-state index contributed by atoms with van der Waals surface area (Å²) in [5, 5.41) is 2.96. The number of furan rings is 1. The molecule has 0 aliphatic heterocycles. The van der Waals surface area contributed by atoms with Crippen molar-refractivity contribution in [3.63, 3.8) is 0 Å². The van der Waals surface area contributed by atoms with E-state index in [4.69, 9.17) is 9.15 Å². The van der Waals surface area contributed by atoms with E-state index in [-0.39, 0.29) is 5.91 Å². The van der Waals surface area contributed by atoms with Crippen molar-refractivity contribution in [3.8, 4) is 5.75 Å². The van der Waals surface area contributed by atoms with Crippen LogP contribution in [0.2, 0.25) is 0 Å². The van der Waals surface area contributed by atoms with E-state index >= 15 is 0 Å². The van der Waals surface area contributed by atoms with Gasteiger partial charge in [0.1, 0.15) is 17.2 Å². The molecule has 1 aromatic carbocycles. The van der Waals surface area contributed by atoms with Crippen molar-refractivity contribution < 1.29 is 13.9 Å². The van der Waals surface area contributed by atoms with Crippen LogP contribution in [-0.4, -0.2) is 22.1 Å². The van der Waals surface area contributed by atoms with Gasteiger partial charge in [0.05, 0.1) is 12.1 Å². The second-order valence-corrected chi connectivity index (χ2v) is 6.85. The highest BCUT2D eigenvalue weighted by Gasteiger charge is 2.18. The average molecular weight is 389 g/mol. The first-order valence-electron chi connectivity index (χ1n) is 9.65. The van der Waals surface area contributed by atoms with Crippen LogP contribution >= 0.6 is 0 Å². The zero-order chi connectivity index (χ0) is 20.1. The van der Waals surface area contributed by atoms with E-state index in [9.17, 15) is 4.79 Å². The highest BCUT2D eigenvalue weighted by atomic mass is 16.5. The molecule has 6 nitrogen and oxygen atoms in total. The lowest BCUT2D eigenvalue weighted by Gasteiger charge is -2.11. The maximum absolute atomic E-state index is 12.8. The number of hydrogen-bond donors (Lipinski definition) is 1. The number of aryl methyl sites for hydroxylation is 2. The molecule has 4 rings (SSSR count). The molecule has 0 unspecified atom stereocenters.